The summed E-state index contributed by atoms with van der Waals surface area (Å²) in [6, 6.07) is 5.76. The number of imidazole rings is 1. The van der Waals surface area contributed by atoms with E-state index in [-0.39, 0.29) is 0 Å². The van der Waals surface area contributed by atoms with E-state index in [1.165, 1.54) is 0 Å². The van der Waals surface area contributed by atoms with E-state index in [4.69, 9.17) is 10.5 Å². The first-order valence-corrected chi connectivity index (χ1v) is 6.33. The van der Waals surface area contributed by atoms with Crippen LogP contribution < -0.4 is 10.5 Å². The van der Waals surface area contributed by atoms with Crippen LogP contribution in [0, 0.1) is 0 Å². The summed E-state index contributed by atoms with van der Waals surface area (Å²) in [6.07, 6.45) is 1.85. The molecule has 1 aromatic carbocycles. The number of rotatable bonds is 3. The van der Waals surface area contributed by atoms with E-state index in [9.17, 15) is 0 Å². The van der Waals surface area contributed by atoms with Gasteiger partial charge in [-0.3, -0.25) is 4.98 Å². The van der Waals surface area contributed by atoms with Crippen LogP contribution in [0.25, 0.3) is 11.0 Å². The topological polar surface area (TPSA) is 66.0 Å². The molecule has 3 rings (SSSR count). The first kappa shape index (κ1) is 11.0. The van der Waals surface area contributed by atoms with Gasteiger partial charge in [0.25, 0.3) is 0 Å². The standard InChI is InChI=1S/C12H12N4OS/c1-17-8-2-3-11-10(4-8)15-12(13)16(11)6-9-5-14-7-18-9/h2-5,7H,6H2,1H3,(H2,13,15). The summed E-state index contributed by atoms with van der Waals surface area (Å²) in [7, 11) is 1.64. The van der Waals surface area contributed by atoms with Gasteiger partial charge in [0.2, 0.25) is 5.95 Å². The molecule has 0 saturated heterocycles. The summed E-state index contributed by atoms with van der Waals surface area (Å²) in [4.78, 5) is 9.56. The molecule has 18 heavy (non-hydrogen) atoms. The fourth-order valence-electron chi connectivity index (χ4n) is 1.90. The van der Waals surface area contributed by atoms with Gasteiger partial charge in [-0.2, -0.15) is 0 Å². The van der Waals surface area contributed by atoms with Crippen molar-refractivity contribution in [2.24, 2.45) is 0 Å². The van der Waals surface area contributed by atoms with Crippen molar-refractivity contribution in [1.29, 1.82) is 0 Å². The third kappa shape index (κ3) is 1.80. The number of aromatic nitrogens is 3. The number of ether oxygens (including phenoxy) is 1. The average Bonchev–Trinajstić information content (AvgIpc) is 2.98. The fraction of sp³-hybridized carbons (Fsp3) is 0.167. The number of hydrogen-bond acceptors (Lipinski definition) is 5. The largest absolute Gasteiger partial charge is 0.497 e. The lowest BCUT2D eigenvalue weighted by molar-refractivity contribution is 0.415. The first-order chi connectivity index (χ1) is 8.78. The number of nitrogens with zero attached hydrogens (tertiary/aromatic N) is 3. The summed E-state index contributed by atoms with van der Waals surface area (Å²) in [5.41, 5.74) is 9.62. The number of methoxy groups -OCH3 is 1. The van der Waals surface area contributed by atoms with Gasteiger partial charge in [-0.15, -0.1) is 11.3 Å². The summed E-state index contributed by atoms with van der Waals surface area (Å²) in [6.45, 7) is 0.694. The third-order valence-electron chi connectivity index (χ3n) is 2.78. The van der Waals surface area contributed by atoms with Gasteiger partial charge in [-0.25, -0.2) is 4.98 Å². The number of fused-ring (bicyclic) bond motifs is 1. The van der Waals surface area contributed by atoms with Crippen LogP contribution in [0.4, 0.5) is 5.95 Å². The quantitative estimate of drug-likeness (QED) is 0.783. The van der Waals surface area contributed by atoms with E-state index in [2.05, 4.69) is 9.97 Å². The van der Waals surface area contributed by atoms with Crippen LogP contribution >= 0.6 is 11.3 Å². The Hall–Kier alpha value is -2.08. The Morgan fingerprint density at radius 3 is 3.06 bits per heavy atom. The number of hydrogen-bond donors (Lipinski definition) is 1. The van der Waals surface area contributed by atoms with Crippen molar-refractivity contribution in [3.05, 3.63) is 34.8 Å². The molecular weight excluding hydrogens is 248 g/mol. The first-order valence-electron chi connectivity index (χ1n) is 5.45. The summed E-state index contributed by atoms with van der Waals surface area (Å²) in [5.74, 6) is 1.29. The number of benzene rings is 1. The van der Waals surface area contributed by atoms with Gasteiger partial charge in [0.1, 0.15) is 5.75 Å². The summed E-state index contributed by atoms with van der Waals surface area (Å²) in [5, 5.41) is 0. The van der Waals surface area contributed by atoms with Crippen LogP contribution in [0.2, 0.25) is 0 Å². The van der Waals surface area contributed by atoms with E-state index >= 15 is 0 Å². The average molecular weight is 260 g/mol. The number of nitrogen functional groups attached to an aromatic ring is 1. The van der Waals surface area contributed by atoms with E-state index in [1.807, 2.05) is 34.5 Å². The highest BCUT2D eigenvalue weighted by Gasteiger charge is 2.10. The smallest absolute Gasteiger partial charge is 0.201 e. The third-order valence-corrected chi connectivity index (χ3v) is 3.55. The van der Waals surface area contributed by atoms with Crippen LogP contribution in [0.3, 0.4) is 0 Å². The summed E-state index contributed by atoms with van der Waals surface area (Å²) >= 11 is 1.61. The zero-order valence-electron chi connectivity index (χ0n) is 9.83. The highest BCUT2D eigenvalue weighted by Crippen LogP contribution is 2.24. The molecule has 2 heterocycles. The van der Waals surface area contributed by atoms with Crippen molar-refractivity contribution in [1.82, 2.24) is 14.5 Å². The molecule has 92 valence electrons. The van der Waals surface area contributed by atoms with Gasteiger partial charge in [0.05, 0.1) is 30.2 Å². The van der Waals surface area contributed by atoms with Gasteiger partial charge in [0, 0.05) is 17.1 Å². The van der Waals surface area contributed by atoms with Crippen LogP contribution in [-0.2, 0) is 6.54 Å². The Morgan fingerprint density at radius 2 is 2.33 bits per heavy atom. The molecule has 0 amide bonds. The van der Waals surface area contributed by atoms with Gasteiger partial charge >= 0.3 is 0 Å². The Labute approximate surface area is 108 Å². The van der Waals surface area contributed by atoms with Crippen LogP contribution in [0.1, 0.15) is 4.88 Å². The fourth-order valence-corrected chi connectivity index (χ4v) is 2.48. The van der Waals surface area contributed by atoms with Crippen molar-refractivity contribution in [2.75, 3.05) is 12.8 Å². The Balaban J connectivity index is 2.08. The van der Waals surface area contributed by atoms with Gasteiger partial charge < -0.3 is 15.0 Å². The zero-order valence-corrected chi connectivity index (χ0v) is 10.6. The molecule has 0 aliphatic rings. The van der Waals surface area contributed by atoms with Crippen molar-refractivity contribution >= 4 is 28.3 Å². The Morgan fingerprint density at radius 1 is 1.44 bits per heavy atom. The maximum atomic E-state index is 5.96. The lowest BCUT2D eigenvalue weighted by Gasteiger charge is -2.04. The molecular formula is C12H12N4OS. The summed E-state index contributed by atoms with van der Waals surface area (Å²) < 4.78 is 7.15. The van der Waals surface area contributed by atoms with Gasteiger partial charge in [-0.1, -0.05) is 0 Å². The molecule has 0 atom stereocenters. The van der Waals surface area contributed by atoms with Gasteiger partial charge in [0.15, 0.2) is 0 Å². The van der Waals surface area contributed by atoms with Crippen molar-refractivity contribution in [2.45, 2.75) is 6.54 Å². The van der Waals surface area contributed by atoms with E-state index in [1.54, 1.807) is 18.4 Å². The molecule has 0 spiro atoms. The molecule has 5 nitrogen and oxygen atoms in total. The second-order valence-corrected chi connectivity index (χ2v) is 4.85. The highest BCUT2D eigenvalue weighted by molar-refractivity contribution is 7.09. The Kier molecular flexibility index (Phi) is 2.64. The minimum absolute atomic E-state index is 0.506. The van der Waals surface area contributed by atoms with Crippen molar-refractivity contribution < 1.29 is 4.74 Å². The molecule has 0 radical (unpaired) electrons. The molecule has 0 aliphatic carbocycles. The second kappa shape index (κ2) is 4.30. The van der Waals surface area contributed by atoms with E-state index < -0.39 is 0 Å². The minimum atomic E-state index is 0.506. The number of nitrogens with two attached hydrogens (primary N) is 1. The maximum Gasteiger partial charge on any atom is 0.201 e. The number of anilines is 1. The van der Waals surface area contributed by atoms with Gasteiger partial charge in [-0.05, 0) is 12.1 Å². The van der Waals surface area contributed by atoms with Crippen LogP contribution in [0.15, 0.2) is 29.9 Å². The molecule has 3 aromatic rings. The molecule has 0 aliphatic heterocycles. The normalized spacial score (nSPS) is 10.9. The SMILES string of the molecule is COc1ccc2c(c1)nc(N)n2Cc1cncs1. The lowest BCUT2D eigenvalue weighted by Crippen LogP contribution is -2.03. The van der Waals surface area contributed by atoms with Crippen molar-refractivity contribution in [3.63, 3.8) is 0 Å². The molecule has 0 saturated carbocycles. The monoisotopic (exact) mass is 260 g/mol. The predicted molar refractivity (Wildman–Crippen MR) is 71.9 cm³/mol. The van der Waals surface area contributed by atoms with E-state index in [0.29, 0.717) is 12.5 Å². The zero-order chi connectivity index (χ0) is 12.5. The molecule has 2 aromatic heterocycles. The van der Waals surface area contributed by atoms with Crippen LogP contribution in [-0.4, -0.2) is 21.6 Å². The minimum Gasteiger partial charge on any atom is -0.497 e. The van der Waals surface area contributed by atoms with E-state index in [0.717, 1.165) is 21.7 Å². The highest BCUT2D eigenvalue weighted by atomic mass is 32.1. The molecule has 0 unspecified atom stereocenters. The van der Waals surface area contributed by atoms with Crippen LogP contribution in [0.5, 0.6) is 5.75 Å². The lowest BCUT2D eigenvalue weighted by atomic mass is 10.3. The maximum absolute atomic E-state index is 5.96. The van der Waals surface area contributed by atoms with Crippen molar-refractivity contribution in [3.8, 4) is 5.75 Å². The molecule has 6 heteroatoms. The predicted octanol–water partition coefficient (Wildman–Crippen LogP) is 2.13. The Bertz CT molecular complexity index is 675. The second-order valence-electron chi connectivity index (χ2n) is 3.88. The molecule has 0 bridgehead atoms. The molecule has 0 fully saturated rings. The number of thiazole rings is 1. The molecule has 2 N–H and O–H groups in total.